The number of piperidine rings is 1. The third-order valence-electron chi connectivity index (χ3n) is 2.54. The molecule has 2 bridgehead atoms. The van der Waals surface area contributed by atoms with Crippen LogP contribution in [-0.2, 0) is 9.53 Å². The van der Waals surface area contributed by atoms with Crippen LogP contribution in [0.5, 0.6) is 0 Å². The predicted molar refractivity (Wildman–Crippen MR) is 43.8 cm³/mol. The van der Waals surface area contributed by atoms with Crippen LogP contribution in [0.4, 0.5) is 0 Å². The number of methoxy groups -OCH3 is 1. The van der Waals surface area contributed by atoms with E-state index in [0.29, 0.717) is 12.1 Å². The van der Waals surface area contributed by atoms with Crippen molar-refractivity contribution in [3.63, 3.8) is 0 Å². The Balaban J connectivity index is 1.85. The fourth-order valence-corrected chi connectivity index (χ4v) is 1.93. The van der Waals surface area contributed by atoms with Gasteiger partial charge in [0.05, 0.1) is 0 Å². The number of carbonyl (C=O) groups excluding carboxylic acids is 1. The number of hydrogen-bond acceptors (Lipinski definition) is 3. The number of nitrogens with one attached hydrogen (secondary N) is 1. The van der Waals surface area contributed by atoms with Crippen LogP contribution in [0.15, 0.2) is 0 Å². The van der Waals surface area contributed by atoms with Crippen LogP contribution in [0.2, 0.25) is 0 Å². The van der Waals surface area contributed by atoms with Crippen LogP contribution in [0.3, 0.4) is 0 Å². The first-order valence-electron chi connectivity index (χ1n) is 4.32. The second-order valence-corrected chi connectivity index (χ2v) is 3.53. The first kappa shape index (κ1) is 8.01. The van der Waals surface area contributed by atoms with Crippen molar-refractivity contribution in [3.05, 3.63) is 0 Å². The molecule has 3 heterocycles. The molecule has 2 unspecified atom stereocenters. The topological polar surface area (TPSA) is 41.6 Å². The van der Waals surface area contributed by atoms with Gasteiger partial charge >= 0.3 is 0 Å². The van der Waals surface area contributed by atoms with Crippen molar-refractivity contribution < 1.29 is 9.53 Å². The minimum atomic E-state index is 0.119. The molecule has 0 spiro atoms. The molecule has 3 rings (SSSR count). The molecule has 1 amide bonds. The largest absolute Gasteiger partial charge is 0.375 e. The zero-order chi connectivity index (χ0) is 8.55. The van der Waals surface area contributed by atoms with E-state index in [2.05, 4.69) is 5.32 Å². The average molecular weight is 170 g/mol. The monoisotopic (exact) mass is 170 g/mol. The minimum absolute atomic E-state index is 0.119. The first-order chi connectivity index (χ1) is 5.79. The number of ether oxygens (including phenoxy) is 1. The predicted octanol–water partition coefficient (Wildman–Crippen LogP) is -0.794. The van der Waals surface area contributed by atoms with Gasteiger partial charge in [-0.1, -0.05) is 0 Å². The van der Waals surface area contributed by atoms with E-state index in [4.69, 9.17) is 4.74 Å². The maximum absolute atomic E-state index is 11.3. The summed E-state index contributed by atoms with van der Waals surface area (Å²) >= 11 is 0. The Hall–Kier alpha value is -0.610. The lowest BCUT2D eigenvalue weighted by Gasteiger charge is -2.48. The van der Waals surface area contributed by atoms with Gasteiger partial charge in [0.25, 0.3) is 0 Å². The second kappa shape index (κ2) is 3.03. The van der Waals surface area contributed by atoms with Crippen LogP contribution < -0.4 is 5.32 Å². The Morgan fingerprint density at radius 3 is 2.67 bits per heavy atom. The summed E-state index contributed by atoms with van der Waals surface area (Å²) < 4.78 is 4.80. The highest BCUT2D eigenvalue weighted by molar-refractivity contribution is 5.77. The lowest BCUT2D eigenvalue weighted by molar-refractivity contribution is -0.139. The summed E-state index contributed by atoms with van der Waals surface area (Å²) in [6, 6.07) is 1.09. The molecule has 2 atom stereocenters. The highest BCUT2D eigenvalue weighted by Gasteiger charge is 2.37. The van der Waals surface area contributed by atoms with Gasteiger partial charge < -0.3 is 15.0 Å². The van der Waals surface area contributed by atoms with Gasteiger partial charge in [-0.25, -0.2) is 0 Å². The Morgan fingerprint density at radius 2 is 2.17 bits per heavy atom. The smallest absolute Gasteiger partial charge is 0.248 e. The molecule has 12 heavy (non-hydrogen) atoms. The van der Waals surface area contributed by atoms with Crippen molar-refractivity contribution in [1.82, 2.24) is 10.2 Å². The van der Waals surface area contributed by atoms with Crippen molar-refractivity contribution in [2.75, 3.05) is 26.8 Å². The number of carbonyl (C=O) groups is 1. The van der Waals surface area contributed by atoms with Crippen LogP contribution in [0.25, 0.3) is 0 Å². The number of amides is 1. The SMILES string of the molecule is COCC(=O)N1CC2CC(C1)N2. The van der Waals surface area contributed by atoms with E-state index < -0.39 is 0 Å². The molecular weight excluding hydrogens is 156 g/mol. The first-order valence-corrected chi connectivity index (χ1v) is 4.32. The van der Waals surface area contributed by atoms with Gasteiger partial charge in [-0.15, -0.1) is 0 Å². The third kappa shape index (κ3) is 1.32. The van der Waals surface area contributed by atoms with Gasteiger partial charge in [-0.3, -0.25) is 4.79 Å². The Morgan fingerprint density at radius 1 is 1.58 bits per heavy atom. The fourth-order valence-electron chi connectivity index (χ4n) is 1.93. The number of hydrogen-bond donors (Lipinski definition) is 1. The summed E-state index contributed by atoms with van der Waals surface area (Å²) in [5.74, 6) is 0.119. The standard InChI is InChI=1S/C8H14N2O2/c1-12-5-8(11)10-3-6-2-7(4-10)9-6/h6-7,9H,2-5H2,1H3. The van der Waals surface area contributed by atoms with E-state index in [1.807, 2.05) is 4.90 Å². The van der Waals surface area contributed by atoms with Gasteiger partial charge in [0.1, 0.15) is 6.61 Å². The van der Waals surface area contributed by atoms with E-state index in [0.717, 1.165) is 13.1 Å². The van der Waals surface area contributed by atoms with Crippen molar-refractivity contribution in [3.8, 4) is 0 Å². The Kier molecular flexibility index (Phi) is 2.02. The van der Waals surface area contributed by atoms with Crippen molar-refractivity contribution in [2.24, 2.45) is 0 Å². The van der Waals surface area contributed by atoms with Crippen molar-refractivity contribution in [1.29, 1.82) is 0 Å². The summed E-state index contributed by atoms with van der Waals surface area (Å²) in [7, 11) is 1.56. The summed E-state index contributed by atoms with van der Waals surface area (Å²) in [4.78, 5) is 13.2. The number of fused-ring (bicyclic) bond motifs is 2. The normalized spacial score (nSPS) is 32.9. The number of nitrogens with zero attached hydrogens (tertiary/aromatic N) is 1. The number of piperazine rings is 1. The van der Waals surface area contributed by atoms with Gasteiger partial charge in [0, 0.05) is 32.3 Å². The molecule has 0 aromatic heterocycles. The molecule has 1 N–H and O–H groups in total. The van der Waals surface area contributed by atoms with Crippen LogP contribution in [-0.4, -0.2) is 49.7 Å². The molecule has 4 nitrogen and oxygen atoms in total. The summed E-state index contributed by atoms with van der Waals surface area (Å²) in [5.41, 5.74) is 0. The molecule has 0 radical (unpaired) electrons. The van der Waals surface area contributed by atoms with E-state index in [1.54, 1.807) is 7.11 Å². The molecule has 3 aliphatic heterocycles. The molecule has 68 valence electrons. The quantitative estimate of drug-likeness (QED) is 0.590. The molecule has 3 aliphatic rings. The molecule has 4 heteroatoms. The molecule has 0 aliphatic carbocycles. The zero-order valence-corrected chi connectivity index (χ0v) is 7.25. The van der Waals surface area contributed by atoms with Crippen molar-refractivity contribution >= 4 is 5.91 Å². The van der Waals surface area contributed by atoms with E-state index in [-0.39, 0.29) is 12.5 Å². The van der Waals surface area contributed by atoms with E-state index >= 15 is 0 Å². The summed E-state index contributed by atoms with van der Waals surface area (Å²) in [6.45, 7) is 1.94. The molecule has 0 aromatic carbocycles. The molecule has 0 aromatic rings. The van der Waals surface area contributed by atoms with Crippen molar-refractivity contribution in [2.45, 2.75) is 18.5 Å². The summed E-state index contributed by atoms with van der Waals surface area (Å²) in [6.07, 6.45) is 1.23. The van der Waals surface area contributed by atoms with Gasteiger partial charge in [-0.05, 0) is 6.42 Å². The minimum Gasteiger partial charge on any atom is -0.375 e. The Bertz CT molecular complexity index is 179. The van der Waals surface area contributed by atoms with Crippen LogP contribution in [0.1, 0.15) is 6.42 Å². The molecule has 3 saturated heterocycles. The fraction of sp³-hybridized carbons (Fsp3) is 0.875. The van der Waals surface area contributed by atoms with E-state index in [9.17, 15) is 4.79 Å². The number of rotatable bonds is 2. The maximum Gasteiger partial charge on any atom is 0.248 e. The van der Waals surface area contributed by atoms with Crippen LogP contribution in [0, 0.1) is 0 Å². The molecular formula is C8H14N2O2. The van der Waals surface area contributed by atoms with Gasteiger partial charge in [0.2, 0.25) is 5.91 Å². The lowest BCUT2D eigenvalue weighted by atomic mass is 9.91. The van der Waals surface area contributed by atoms with Crippen LogP contribution >= 0.6 is 0 Å². The lowest BCUT2D eigenvalue weighted by Crippen LogP contribution is -2.67. The highest BCUT2D eigenvalue weighted by Crippen LogP contribution is 2.20. The summed E-state index contributed by atoms with van der Waals surface area (Å²) in [5, 5.41) is 3.37. The second-order valence-electron chi connectivity index (χ2n) is 3.53. The maximum atomic E-state index is 11.3. The average Bonchev–Trinajstić information content (AvgIpc) is 2.04. The molecule has 0 saturated carbocycles. The third-order valence-corrected chi connectivity index (χ3v) is 2.54. The van der Waals surface area contributed by atoms with E-state index in [1.165, 1.54) is 6.42 Å². The Labute approximate surface area is 71.9 Å². The zero-order valence-electron chi connectivity index (χ0n) is 7.25. The highest BCUT2D eigenvalue weighted by atomic mass is 16.5. The van der Waals surface area contributed by atoms with Gasteiger partial charge in [-0.2, -0.15) is 0 Å². The van der Waals surface area contributed by atoms with Gasteiger partial charge in [0.15, 0.2) is 0 Å². The molecule has 3 fully saturated rings.